The summed E-state index contributed by atoms with van der Waals surface area (Å²) in [6, 6.07) is 32.3. The van der Waals surface area contributed by atoms with Gasteiger partial charge in [0.2, 0.25) is 0 Å². The number of benzene rings is 4. The van der Waals surface area contributed by atoms with Crippen LogP contribution in [-0.2, 0) is 0 Å². The molecule has 2 unspecified atom stereocenters. The Hall–Kier alpha value is -5.36. The van der Waals surface area contributed by atoms with Crippen LogP contribution in [0, 0.1) is 38.5 Å². The number of amides is 2. The Kier molecular flexibility index (Phi) is 9.20. The summed E-state index contributed by atoms with van der Waals surface area (Å²) < 4.78 is 0. The molecule has 0 bridgehead atoms. The van der Waals surface area contributed by atoms with Crippen molar-refractivity contribution >= 4 is 33.6 Å². The molecule has 1 aliphatic rings. The SMILES string of the molecule is Cc1ccc(-c2nc3ccccc3c(C(=O)NCC3(C)CC(NC(=O)c4c(C)c(-c5ccc(C)cc5)nc5ccccc45)CC(C)(C)C3)c2C)cc1. The second-order valence-corrected chi connectivity index (χ2v) is 16.1. The molecule has 1 aliphatic carbocycles. The lowest BCUT2D eigenvalue weighted by Gasteiger charge is -2.47. The van der Waals surface area contributed by atoms with Gasteiger partial charge in [-0.1, -0.05) is 117 Å². The minimum Gasteiger partial charge on any atom is -0.351 e. The smallest absolute Gasteiger partial charge is 0.252 e. The molecule has 0 radical (unpaired) electrons. The number of carbonyl (C=O) groups is 2. The maximum atomic E-state index is 14.4. The Balaban J connectivity index is 1.15. The van der Waals surface area contributed by atoms with E-state index in [1.807, 2.05) is 62.4 Å². The molecule has 0 saturated heterocycles. The van der Waals surface area contributed by atoms with Crippen LogP contribution in [-0.4, -0.2) is 34.4 Å². The minimum absolute atomic E-state index is 0.0457. The highest BCUT2D eigenvalue weighted by Crippen LogP contribution is 2.46. The first-order chi connectivity index (χ1) is 24.8. The molecule has 6 nitrogen and oxygen atoms in total. The second-order valence-electron chi connectivity index (χ2n) is 16.1. The summed E-state index contributed by atoms with van der Waals surface area (Å²) in [6.07, 6.45) is 2.52. The van der Waals surface area contributed by atoms with Crippen LogP contribution in [0.1, 0.15) is 83.0 Å². The average Bonchev–Trinajstić information content (AvgIpc) is 3.10. The van der Waals surface area contributed by atoms with Crippen LogP contribution in [0.25, 0.3) is 44.3 Å². The molecule has 2 atom stereocenters. The molecule has 2 N–H and O–H groups in total. The Morgan fingerprint density at radius 2 is 1.10 bits per heavy atom. The van der Waals surface area contributed by atoms with Crippen molar-refractivity contribution in [3.8, 4) is 22.5 Å². The van der Waals surface area contributed by atoms with E-state index in [0.717, 1.165) is 74.7 Å². The Morgan fingerprint density at radius 1 is 0.635 bits per heavy atom. The van der Waals surface area contributed by atoms with Crippen molar-refractivity contribution < 1.29 is 9.59 Å². The number of carbonyl (C=O) groups excluding carboxylic acids is 2. The van der Waals surface area contributed by atoms with Gasteiger partial charge in [0.1, 0.15) is 0 Å². The molecular formula is C46H48N4O2. The number of nitrogens with one attached hydrogen (secondary N) is 2. The zero-order valence-corrected chi connectivity index (χ0v) is 31.4. The third-order valence-corrected chi connectivity index (χ3v) is 10.8. The molecule has 2 amide bonds. The fourth-order valence-corrected chi connectivity index (χ4v) is 8.69. The van der Waals surface area contributed by atoms with Gasteiger partial charge in [-0.25, -0.2) is 9.97 Å². The Bertz CT molecular complexity index is 2330. The summed E-state index contributed by atoms with van der Waals surface area (Å²) in [7, 11) is 0. The Morgan fingerprint density at radius 3 is 1.60 bits per heavy atom. The van der Waals surface area contributed by atoms with E-state index >= 15 is 0 Å². The van der Waals surface area contributed by atoms with Crippen LogP contribution in [0.2, 0.25) is 0 Å². The lowest BCUT2D eigenvalue weighted by Crippen LogP contribution is -2.50. The number of para-hydroxylation sites is 2. The van der Waals surface area contributed by atoms with Crippen molar-refractivity contribution in [1.82, 2.24) is 20.6 Å². The van der Waals surface area contributed by atoms with Crippen molar-refractivity contribution in [2.24, 2.45) is 10.8 Å². The molecule has 0 spiro atoms. The van der Waals surface area contributed by atoms with Crippen LogP contribution >= 0.6 is 0 Å². The van der Waals surface area contributed by atoms with E-state index in [1.165, 1.54) is 11.1 Å². The largest absolute Gasteiger partial charge is 0.351 e. The molecule has 6 heteroatoms. The highest BCUT2D eigenvalue weighted by Gasteiger charge is 2.42. The third-order valence-electron chi connectivity index (χ3n) is 10.8. The number of hydrogen-bond acceptors (Lipinski definition) is 4. The van der Waals surface area contributed by atoms with E-state index < -0.39 is 0 Å². The summed E-state index contributed by atoms with van der Waals surface area (Å²) in [5.41, 5.74) is 10.4. The van der Waals surface area contributed by atoms with E-state index in [2.05, 4.69) is 93.8 Å². The van der Waals surface area contributed by atoms with Crippen molar-refractivity contribution in [2.45, 2.75) is 73.8 Å². The van der Waals surface area contributed by atoms with Gasteiger partial charge >= 0.3 is 0 Å². The normalized spacial score (nSPS) is 18.3. The molecule has 0 aliphatic heterocycles. The topological polar surface area (TPSA) is 84.0 Å². The number of aryl methyl sites for hydroxylation is 2. The second kappa shape index (κ2) is 13.6. The predicted molar refractivity (Wildman–Crippen MR) is 213 cm³/mol. The zero-order valence-electron chi connectivity index (χ0n) is 31.4. The molecular weight excluding hydrogens is 641 g/mol. The van der Waals surface area contributed by atoms with Crippen molar-refractivity contribution in [2.75, 3.05) is 6.54 Å². The first kappa shape index (κ1) is 35.1. The monoisotopic (exact) mass is 688 g/mol. The van der Waals surface area contributed by atoms with Gasteiger partial charge in [0, 0.05) is 34.5 Å². The van der Waals surface area contributed by atoms with Gasteiger partial charge in [-0.2, -0.15) is 0 Å². The fraction of sp³-hybridized carbons (Fsp3) is 0.304. The molecule has 2 aromatic heterocycles. The summed E-state index contributed by atoms with van der Waals surface area (Å²) >= 11 is 0. The Labute approximate surface area is 307 Å². The highest BCUT2D eigenvalue weighted by atomic mass is 16.2. The molecule has 52 heavy (non-hydrogen) atoms. The quantitative estimate of drug-likeness (QED) is 0.175. The first-order valence-electron chi connectivity index (χ1n) is 18.3. The van der Waals surface area contributed by atoms with E-state index in [0.29, 0.717) is 17.7 Å². The maximum Gasteiger partial charge on any atom is 0.252 e. The van der Waals surface area contributed by atoms with Crippen LogP contribution in [0.4, 0.5) is 0 Å². The van der Waals surface area contributed by atoms with Crippen LogP contribution in [0.5, 0.6) is 0 Å². The third kappa shape index (κ3) is 6.94. The van der Waals surface area contributed by atoms with E-state index in [9.17, 15) is 9.59 Å². The van der Waals surface area contributed by atoms with Gasteiger partial charge < -0.3 is 10.6 Å². The molecule has 1 fully saturated rings. The summed E-state index contributed by atoms with van der Waals surface area (Å²) in [4.78, 5) is 38.6. The van der Waals surface area contributed by atoms with Crippen LogP contribution < -0.4 is 10.6 Å². The average molecular weight is 689 g/mol. The number of pyridine rings is 2. The van der Waals surface area contributed by atoms with E-state index in [4.69, 9.17) is 9.97 Å². The van der Waals surface area contributed by atoms with Gasteiger partial charge in [-0.3, -0.25) is 9.59 Å². The van der Waals surface area contributed by atoms with Gasteiger partial charge in [-0.15, -0.1) is 0 Å². The van der Waals surface area contributed by atoms with Crippen molar-refractivity contribution in [3.63, 3.8) is 0 Å². The predicted octanol–water partition coefficient (Wildman–Crippen LogP) is 10.1. The standard InChI is InChI=1S/C46H48N4O2/c1-28-16-20-32(21-17-28)41-30(3)39(35-12-8-10-14-37(35)49-41)43(51)47-27-46(7)25-34(24-45(5,6)26-46)48-44(52)40-31(4)42(33-22-18-29(2)19-23-33)50-38-15-11-9-13-36(38)40/h8-23,34H,24-27H2,1-7H3,(H,47,51)(H,48,52). The highest BCUT2D eigenvalue weighted by molar-refractivity contribution is 6.10. The summed E-state index contributed by atoms with van der Waals surface area (Å²) in [6.45, 7) is 15.4. The van der Waals surface area contributed by atoms with E-state index in [1.54, 1.807) is 0 Å². The van der Waals surface area contributed by atoms with Gasteiger partial charge in [0.15, 0.2) is 0 Å². The fourth-order valence-electron chi connectivity index (χ4n) is 8.69. The van der Waals surface area contributed by atoms with Gasteiger partial charge in [-0.05, 0) is 81.0 Å². The van der Waals surface area contributed by atoms with Crippen molar-refractivity contribution in [3.05, 3.63) is 130 Å². The molecule has 2 heterocycles. The molecule has 1 saturated carbocycles. The van der Waals surface area contributed by atoms with Crippen LogP contribution in [0.15, 0.2) is 97.1 Å². The first-order valence-corrected chi connectivity index (χ1v) is 18.3. The number of aromatic nitrogens is 2. The number of fused-ring (bicyclic) bond motifs is 2. The van der Waals surface area contributed by atoms with Gasteiger partial charge in [0.05, 0.1) is 33.5 Å². The maximum absolute atomic E-state index is 14.4. The zero-order chi connectivity index (χ0) is 36.8. The molecule has 7 rings (SSSR count). The molecule has 4 aromatic carbocycles. The summed E-state index contributed by atoms with van der Waals surface area (Å²) in [5, 5.41) is 8.51. The van der Waals surface area contributed by atoms with E-state index in [-0.39, 0.29) is 28.7 Å². The number of nitrogens with zero attached hydrogens (tertiary/aromatic N) is 2. The minimum atomic E-state index is -0.242. The van der Waals surface area contributed by atoms with Crippen LogP contribution in [0.3, 0.4) is 0 Å². The number of rotatable bonds is 7. The van der Waals surface area contributed by atoms with Crippen molar-refractivity contribution in [1.29, 1.82) is 0 Å². The lowest BCUT2D eigenvalue weighted by atomic mass is 9.62. The number of hydrogen-bond donors (Lipinski definition) is 2. The lowest BCUT2D eigenvalue weighted by molar-refractivity contribution is 0.0592. The molecule has 264 valence electrons. The summed E-state index contributed by atoms with van der Waals surface area (Å²) in [5.74, 6) is -0.182. The van der Waals surface area contributed by atoms with Gasteiger partial charge in [0.25, 0.3) is 11.8 Å². The molecule has 6 aromatic rings.